The molecule has 30 heavy (non-hydrogen) atoms. The number of hydroxylamine groups is 2. The van der Waals surface area contributed by atoms with Gasteiger partial charge in [-0.3, -0.25) is 15.1 Å². The zero-order valence-corrected chi connectivity index (χ0v) is 16.3. The van der Waals surface area contributed by atoms with Gasteiger partial charge in [0.1, 0.15) is 12.6 Å². The molecule has 3 N–H and O–H groups in total. The van der Waals surface area contributed by atoms with Gasteiger partial charge in [-0.15, -0.1) is 0 Å². The van der Waals surface area contributed by atoms with Crippen molar-refractivity contribution in [3.05, 3.63) is 66.2 Å². The van der Waals surface area contributed by atoms with E-state index < -0.39 is 18.0 Å². The fourth-order valence-corrected chi connectivity index (χ4v) is 3.80. The van der Waals surface area contributed by atoms with Crippen molar-refractivity contribution >= 4 is 23.7 Å². The lowest BCUT2D eigenvalue weighted by atomic mass is 10.0. The van der Waals surface area contributed by atoms with Gasteiger partial charge in [0.15, 0.2) is 0 Å². The van der Waals surface area contributed by atoms with Gasteiger partial charge in [-0.25, -0.2) is 14.6 Å². The molecule has 0 radical (unpaired) electrons. The van der Waals surface area contributed by atoms with Crippen LogP contribution in [-0.2, 0) is 16.2 Å². The molecule has 4 rings (SSSR count). The van der Waals surface area contributed by atoms with Gasteiger partial charge in [-0.1, -0.05) is 48.5 Å². The third-order valence-corrected chi connectivity index (χ3v) is 5.30. The molecule has 0 saturated carbocycles. The molecule has 2 heterocycles. The number of rotatable bonds is 5. The van der Waals surface area contributed by atoms with Gasteiger partial charge in [-0.05, 0) is 30.5 Å². The number of hydrazine groups is 1. The minimum Gasteiger partial charge on any atom is -0.350 e. The smallest absolute Gasteiger partial charge is 0.345 e. The summed E-state index contributed by atoms with van der Waals surface area (Å²) in [6.07, 6.45) is 1.09. The molecule has 0 aromatic heterocycles. The summed E-state index contributed by atoms with van der Waals surface area (Å²) >= 11 is 0. The summed E-state index contributed by atoms with van der Waals surface area (Å²) in [4.78, 5) is 44.8. The number of hydrogen-bond acceptors (Lipinski definition) is 4. The van der Waals surface area contributed by atoms with Crippen LogP contribution in [0.4, 0.5) is 15.3 Å². The van der Waals surface area contributed by atoms with Crippen LogP contribution in [0.1, 0.15) is 18.4 Å². The van der Waals surface area contributed by atoms with Crippen LogP contribution < -0.4 is 16.2 Å². The summed E-state index contributed by atoms with van der Waals surface area (Å²) in [5, 5.41) is 2.35. The Hall–Kier alpha value is -3.59. The number of carbonyl (C=O) groups excluding carboxylic acids is 3. The number of amides is 5. The van der Waals surface area contributed by atoms with Gasteiger partial charge >= 0.3 is 12.1 Å². The fraction of sp³-hybridized carbons (Fsp3) is 0.286. The zero-order chi connectivity index (χ0) is 21.1. The third-order valence-electron chi connectivity index (χ3n) is 5.30. The quantitative estimate of drug-likeness (QED) is 0.737. The third kappa shape index (κ3) is 3.92. The monoisotopic (exact) mass is 409 g/mol. The zero-order valence-electron chi connectivity index (χ0n) is 16.3. The molecule has 0 aliphatic carbocycles. The normalized spacial score (nSPS) is 20.2. The number of carbonyl (C=O) groups is 3. The number of fused-ring (bicyclic) bond motifs is 2. The van der Waals surface area contributed by atoms with Crippen LogP contribution in [0.2, 0.25) is 0 Å². The molecular weight excluding hydrogens is 386 g/mol. The number of hydrogen-bond donors (Lipinski definition) is 2. The largest absolute Gasteiger partial charge is 0.350 e. The van der Waals surface area contributed by atoms with Gasteiger partial charge in [0.2, 0.25) is 0 Å². The van der Waals surface area contributed by atoms with Crippen LogP contribution in [0, 0.1) is 0 Å². The van der Waals surface area contributed by atoms with Gasteiger partial charge in [0.05, 0.1) is 11.7 Å². The van der Waals surface area contributed by atoms with E-state index in [9.17, 15) is 14.4 Å². The number of para-hydroxylation sites is 1. The Morgan fingerprint density at radius 1 is 1.07 bits per heavy atom. The first kappa shape index (κ1) is 19.7. The van der Waals surface area contributed by atoms with Gasteiger partial charge in [-0.2, -0.15) is 5.06 Å². The number of benzene rings is 2. The average Bonchev–Trinajstić information content (AvgIpc) is 3.01. The molecule has 2 aromatic rings. The molecule has 5 amide bonds. The predicted octanol–water partition coefficient (Wildman–Crippen LogP) is 2.00. The van der Waals surface area contributed by atoms with Gasteiger partial charge < -0.3 is 10.6 Å². The Labute approximate surface area is 173 Å². The minimum absolute atomic E-state index is 0.105. The van der Waals surface area contributed by atoms with E-state index in [0.717, 1.165) is 10.6 Å². The van der Waals surface area contributed by atoms with Gasteiger partial charge in [0.25, 0.3) is 5.91 Å². The van der Waals surface area contributed by atoms with Crippen LogP contribution in [-0.4, -0.2) is 46.6 Å². The molecule has 2 aliphatic rings. The van der Waals surface area contributed by atoms with Crippen LogP contribution >= 0.6 is 0 Å². The Bertz CT molecular complexity index is 924. The highest BCUT2D eigenvalue weighted by Gasteiger charge is 2.48. The number of nitrogens with one attached hydrogen (secondary N) is 1. The molecular formula is C21H23N5O4. The highest BCUT2D eigenvalue weighted by atomic mass is 16.7. The Morgan fingerprint density at radius 3 is 2.40 bits per heavy atom. The second kappa shape index (κ2) is 8.42. The lowest BCUT2D eigenvalue weighted by Crippen LogP contribution is -2.57. The number of urea groups is 2. The highest BCUT2D eigenvalue weighted by Crippen LogP contribution is 2.30. The highest BCUT2D eigenvalue weighted by molar-refractivity contribution is 5.96. The van der Waals surface area contributed by atoms with Gasteiger partial charge in [0, 0.05) is 6.54 Å². The molecule has 2 aromatic carbocycles. The molecule has 2 fully saturated rings. The minimum atomic E-state index is -0.816. The summed E-state index contributed by atoms with van der Waals surface area (Å²) in [6.45, 7) is 0.671. The molecule has 2 aliphatic heterocycles. The van der Waals surface area contributed by atoms with Crippen molar-refractivity contribution < 1.29 is 19.2 Å². The number of primary amides is 1. The second-order valence-electron chi connectivity index (χ2n) is 7.25. The van der Waals surface area contributed by atoms with E-state index in [1.54, 1.807) is 30.3 Å². The lowest BCUT2D eigenvalue weighted by Gasteiger charge is -2.31. The van der Waals surface area contributed by atoms with E-state index in [1.807, 2.05) is 30.3 Å². The molecule has 156 valence electrons. The van der Waals surface area contributed by atoms with Crippen molar-refractivity contribution in [1.82, 2.24) is 15.4 Å². The summed E-state index contributed by atoms with van der Waals surface area (Å²) in [7, 11) is 0. The van der Waals surface area contributed by atoms with E-state index in [4.69, 9.17) is 10.6 Å². The first-order valence-corrected chi connectivity index (χ1v) is 9.76. The van der Waals surface area contributed by atoms with Crippen LogP contribution in [0.25, 0.3) is 0 Å². The Balaban J connectivity index is 1.42. The Morgan fingerprint density at radius 2 is 1.73 bits per heavy atom. The van der Waals surface area contributed by atoms with E-state index in [0.29, 0.717) is 25.1 Å². The number of anilines is 1. The maximum atomic E-state index is 12.9. The van der Waals surface area contributed by atoms with Crippen LogP contribution in [0.5, 0.6) is 0 Å². The molecule has 0 spiro atoms. The van der Waals surface area contributed by atoms with Crippen molar-refractivity contribution in [1.29, 1.82) is 0 Å². The van der Waals surface area contributed by atoms with Crippen LogP contribution in [0.15, 0.2) is 60.7 Å². The van der Waals surface area contributed by atoms with Crippen LogP contribution in [0.3, 0.4) is 0 Å². The van der Waals surface area contributed by atoms with E-state index in [2.05, 4.69) is 5.43 Å². The number of nitrogens with two attached hydrogens (primary N) is 1. The van der Waals surface area contributed by atoms with E-state index >= 15 is 0 Å². The standard InChI is InChI=1S/C21H23N5O4/c22-20(28)25(16-9-5-2-6-10-16)23-19(27)18-12-11-17-13-24(18)21(29)26(17)30-14-15-7-3-1-4-8-15/h1-10,17-18H,11-14H2,(H2,22,28)(H,23,27). The van der Waals surface area contributed by atoms with Crippen molar-refractivity contribution in [3.63, 3.8) is 0 Å². The topological polar surface area (TPSA) is 108 Å². The van der Waals surface area contributed by atoms with E-state index in [1.165, 1.54) is 9.96 Å². The second-order valence-corrected chi connectivity index (χ2v) is 7.25. The first-order valence-electron chi connectivity index (χ1n) is 9.76. The molecule has 9 heteroatoms. The summed E-state index contributed by atoms with van der Waals surface area (Å²) in [5.41, 5.74) is 9.37. The van der Waals surface area contributed by atoms with Crippen molar-refractivity contribution in [3.8, 4) is 0 Å². The maximum Gasteiger partial charge on any atom is 0.345 e. The Kier molecular flexibility index (Phi) is 5.53. The predicted molar refractivity (Wildman–Crippen MR) is 109 cm³/mol. The lowest BCUT2D eigenvalue weighted by molar-refractivity contribution is -0.140. The van der Waals surface area contributed by atoms with E-state index in [-0.39, 0.29) is 18.7 Å². The van der Waals surface area contributed by atoms with Crippen molar-refractivity contribution in [2.75, 3.05) is 11.6 Å². The molecule has 2 unspecified atom stereocenters. The summed E-state index contributed by atoms with van der Waals surface area (Å²) in [6, 6.07) is 16.2. The first-order chi connectivity index (χ1) is 14.5. The molecule has 9 nitrogen and oxygen atoms in total. The number of nitrogens with zero attached hydrogens (tertiary/aromatic N) is 3. The van der Waals surface area contributed by atoms with Crippen molar-refractivity contribution in [2.45, 2.75) is 31.5 Å². The number of piperidine rings is 1. The fourth-order valence-electron chi connectivity index (χ4n) is 3.80. The summed E-state index contributed by atoms with van der Waals surface area (Å²) < 4.78 is 0. The molecule has 2 atom stereocenters. The summed E-state index contributed by atoms with van der Waals surface area (Å²) in [5.74, 6) is -0.464. The SMILES string of the molecule is NC(=O)N(NC(=O)C1CCC2CN1C(=O)N2OCc1ccccc1)c1ccccc1. The maximum absolute atomic E-state index is 12.9. The molecule has 2 bridgehead atoms. The molecule has 2 saturated heterocycles. The average molecular weight is 409 g/mol. The van der Waals surface area contributed by atoms with Crippen molar-refractivity contribution in [2.24, 2.45) is 5.73 Å².